The Morgan fingerprint density at radius 1 is 0.844 bits per heavy atom. The summed E-state index contributed by atoms with van der Waals surface area (Å²) in [5.74, 6) is 0.269. The van der Waals surface area contributed by atoms with Gasteiger partial charge in [-0.2, -0.15) is 0 Å². The van der Waals surface area contributed by atoms with E-state index in [2.05, 4.69) is 0 Å². The molecule has 32 heavy (non-hydrogen) atoms. The molecule has 1 radical (unpaired) electrons. The number of hydrogen-bond donors (Lipinski definition) is 0. The SMILES string of the molecule is CCO[CH]OC1C(OC)[C@H](COc2ccc(F)cc2)OCO[C@H]1COc1ccc(F)cc1. The zero-order valence-electron chi connectivity index (χ0n) is 17.9. The summed E-state index contributed by atoms with van der Waals surface area (Å²) in [4.78, 5) is 0. The minimum atomic E-state index is -0.656. The van der Waals surface area contributed by atoms with Gasteiger partial charge in [0, 0.05) is 13.7 Å². The number of rotatable bonds is 11. The van der Waals surface area contributed by atoms with Crippen molar-refractivity contribution in [3.8, 4) is 11.5 Å². The van der Waals surface area contributed by atoms with Crippen LogP contribution >= 0.6 is 0 Å². The first-order valence-electron chi connectivity index (χ1n) is 10.2. The van der Waals surface area contributed by atoms with E-state index in [-0.39, 0.29) is 31.6 Å². The van der Waals surface area contributed by atoms with Crippen molar-refractivity contribution in [2.24, 2.45) is 0 Å². The van der Waals surface area contributed by atoms with Crippen molar-refractivity contribution in [1.29, 1.82) is 0 Å². The highest BCUT2D eigenvalue weighted by Gasteiger charge is 2.41. The lowest BCUT2D eigenvalue weighted by Gasteiger charge is -2.32. The van der Waals surface area contributed by atoms with Gasteiger partial charge in [0.1, 0.15) is 67.6 Å². The van der Waals surface area contributed by atoms with E-state index in [9.17, 15) is 8.78 Å². The molecule has 1 saturated heterocycles. The Labute approximate surface area is 186 Å². The first kappa shape index (κ1) is 24.3. The number of benzene rings is 2. The normalized spacial score (nSPS) is 23.5. The maximum atomic E-state index is 13.1. The van der Waals surface area contributed by atoms with Crippen LogP contribution in [0.3, 0.4) is 0 Å². The Kier molecular flexibility index (Phi) is 9.63. The molecule has 7 nitrogen and oxygen atoms in total. The van der Waals surface area contributed by atoms with Gasteiger partial charge in [0.25, 0.3) is 0 Å². The fourth-order valence-corrected chi connectivity index (χ4v) is 3.15. The summed E-state index contributed by atoms with van der Waals surface area (Å²) in [6, 6.07) is 11.3. The molecule has 1 aliphatic heterocycles. The van der Waals surface area contributed by atoms with Crippen LogP contribution in [0.4, 0.5) is 8.78 Å². The number of ether oxygens (including phenoxy) is 7. The fraction of sp³-hybridized carbons (Fsp3) is 0.435. The molecule has 1 aliphatic rings. The highest BCUT2D eigenvalue weighted by atomic mass is 19.1. The van der Waals surface area contributed by atoms with Crippen molar-refractivity contribution in [3.63, 3.8) is 0 Å². The van der Waals surface area contributed by atoms with Gasteiger partial charge in [-0.25, -0.2) is 8.78 Å². The third kappa shape index (κ3) is 7.11. The summed E-state index contributed by atoms with van der Waals surface area (Å²) in [6.45, 7) is 3.65. The van der Waals surface area contributed by atoms with Crippen molar-refractivity contribution < 1.29 is 41.9 Å². The van der Waals surface area contributed by atoms with Crippen molar-refractivity contribution >= 4 is 0 Å². The van der Waals surface area contributed by atoms with Crippen LogP contribution in [0.1, 0.15) is 6.92 Å². The van der Waals surface area contributed by atoms with Gasteiger partial charge < -0.3 is 33.2 Å². The molecule has 0 N–H and O–H groups in total. The number of halogens is 2. The van der Waals surface area contributed by atoms with Crippen LogP contribution in [-0.2, 0) is 23.7 Å². The number of hydrogen-bond acceptors (Lipinski definition) is 7. The van der Waals surface area contributed by atoms with Crippen LogP contribution in [-0.4, -0.2) is 58.1 Å². The highest BCUT2D eigenvalue weighted by Crippen LogP contribution is 2.24. The second-order valence-corrected chi connectivity index (χ2v) is 6.91. The molecule has 2 aromatic rings. The second-order valence-electron chi connectivity index (χ2n) is 6.91. The molecule has 0 aromatic heterocycles. The first-order valence-corrected chi connectivity index (χ1v) is 10.2. The van der Waals surface area contributed by atoms with E-state index in [1.807, 2.05) is 6.92 Å². The predicted molar refractivity (Wildman–Crippen MR) is 110 cm³/mol. The maximum Gasteiger partial charge on any atom is 0.209 e. The van der Waals surface area contributed by atoms with Crippen molar-refractivity contribution in [2.75, 3.05) is 33.7 Å². The summed E-state index contributed by atoms with van der Waals surface area (Å²) < 4.78 is 66.1. The van der Waals surface area contributed by atoms with Crippen LogP contribution in [0.2, 0.25) is 0 Å². The minimum Gasteiger partial charge on any atom is -0.491 e. The van der Waals surface area contributed by atoms with E-state index in [1.54, 1.807) is 0 Å². The molecule has 4 atom stereocenters. The minimum absolute atomic E-state index is 0.0523. The van der Waals surface area contributed by atoms with Crippen LogP contribution in [0.25, 0.3) is 0 Å². The molecule has 1 fully saturated rings. The van der Waals surface area contributed by atoms with E-state index in [4.69, 9.17) is 33.2 Å². The largest absolute Gasteiger partial charge is 0.491 e. The number of methoxy groups -OCH3 is 1. The third-order valence-electron chi connectivity index (χ3n) is 4.80. The molecular weight excluding hydrogens is 426 g/mol. The zero-order valence-corrected chi connectivity index (χ0v) is 17.9. The van der Waals surface area contributed by atoms with Gasteiger partial charge in [0.15, 0.2) is 0 Å². The Bertz CT molecular complexity index is 788. The average molecular weight is 453 g/mol. The summed E-state index contributed by atoms with van der Waals surface area (Å²) in [7, 11) is 1.53. The van der Waals surface area contributed by atoms with Gasteiger partial charge in [-0.3, -0.25) is 0 Å². The Morgan fingerprint density at radius 3 is 1.81 bits per heavy atom. The van der Waals surface area contributed by atoms with E-state index in [0.717, 1.165) is 0 Å². The van der Waals surface area contributed by atoms with Crippen molar-refractivity contribution in [3.05, 3.63) is 67.0 Å². The fourth-order valence-electron chi connectivity index (χ4n) is 3.15. The highest BCUT2D eigenvalue weighted by molar-refractivity contribution is 5.23. The lowest BCUT2D eigenvalue weighted by Crippen LogP contribution is -2.49. The summed E-state index contributed by atoms with van der Waals surface area (Å²) >= 11 is 0. The van der Waals surface area contributed by atoms with Crippen LogP contribution in [0.5, 0.6) is 11.5 Å². The molecular formula is C23H27F2O7. The lowest BCUT2D eigenvalue weighted by atomic mass is 10.0. The summed E-state index contributed by atoms with van der Waals surface area (Å²) in [5.41, 5.74) is 0. The van der Waals surface area contributed by atoms with Gasteiger partial charge in [-0.1, -0.05) is 0 Å². The second kappa shape index (κ2) is 12.7. The maximum absolute atomic E-state index is 13.1. The molecule has 2 aromatic carbocycles. The van der Waals surface area contributed by atoms with E-state index in [0.29, 0.717) is 18.1 Å². The average Bonchev–Trinajstić information content (AvgIpc) is 2.97. The van der Waals surface area contributed by atoms with Gasteiger partial charge in [-0.05, 0) is 55.5 Å². The Morgan fingerprint density at radius 2 is 1.34 bits per heavy atom. The molecule has 0 amide bonds. The van der Waals surface area contributed by atoms with Crippen LogP contribution in [0.15, 0.2) is 48.5 Å². The molecule has 175 valence electrons. The van der Waals surface area contributed by atoms with Crippen molar-refractivity contribution in [1.82, 2.24) is 0 Å². The van der Waals surface area contributed by atoms with E-state index in [1.165, 1.54) is 62.4 Å². The Hall–Kier alpha value is -2.30. The van der Waals surface area contributed by atoms with Gasteiger partial charge in [-0.15, -0.1) is 0 Å². The lowest BCUT2D eigenvalue weighted by molar-refractivity contribution is -0.142. The molecule has 3 rings (SSSR count). The molecule has 2 unspecified atom stereocenters. The van der Waals surface area contributed by atoms with Gasteiger partial charge in [0.05, 0.1) is 0 Å². The Balaban J connectivity index is 1.68. The molecule has 0 spiro atoms. The first-order chi connectivity index (χ1) is 15.6. The summed E-state index contributed by atoms with van der Waals surface area (Å²) in [5, 5.41) is 0. The van der Waals surface area contributed by atoms with Gasteiger partial charge in [0.2, 0.25) is 6.79 Å². The molecule has 0 saturated carbocycles. The molecule has 0 aliphatic carbocycles. The molecule has 0 bridgehead atoms. The van der Waals surface area contributed by atoms with Crippen LogP contribution in [0, 0.1) is 18.4 Å². The van der Waals surface area contributed by atoms with E-state index < -0.39 is 24.4 Å². The smallest absolute Gasteiger partial charge is 0.209 e. The van der Waals surface area contributed by atoms with Gasteiger partial charge >= 0.3 is 0 Å². The predicted octanol–water partition coefficient (Wildman–Crippen LogP) is 3.72. The zero-order chi connectivity index (χ0) is 22.8. The summed E-state index contributed by atoms with van der Waals surface area (Å²) in [6.07, 6.45) is -2.40. The third-order valence-corrected chi connectivity index (χ3v) is 4.80. The monoisotopic (exact) mass is 453 g/mol. The van der Waals surface area contributed by atoms with Crippen molar-refractivity contribution in [2.45, 2.75) is 31.3 Å². The molecule has 9 heteroatoms. The van der Waals surface area contributed by atoms with Crippen LogP contribution < -0.4 is 9.47 Å². The topological polar surface area (TPSA) is 64.6 Å². The molecule has 1 heterocycles. The quantitative estimate of drug-likeness (QED) is 0.481. The van der Waals surface area contributed by atoms with E-state index >= 15 is 0 Å². The standard InChI is InChI=1S/C23H27F2O7/c1-3-27-14-32-23-21(13-29-19-10-6-17(25)7-11-19)31-15-30-20(22(23)26-2)12-28-18-8-4-16(24)5-9-18/h4-11,14,20-23H,3,12-13,15H2,1-2H3/t20-,21-,22?,23?/m0/s1.